The van der Waals surface area contributed by atoms with Crippen LogP contribution in [0.4, 0.5) is 0 Å². The highest BCUT2D eigenvalue weighted by Crippen LogP contribution is 2.18. The lowest BCUT2D eigenvalue weighted by Gasteiger charge is -2.23. The highest BCUT2D eigenvalue weighted by atomic mass is 32.2. The number of carbonyl (C=O) groups excluding carboxylic acids is 2. The number of sulfonamides is 1. The monoisotopic (exact) mass is 803 g/mol. The van der Waals surface area contributed by atoms with Gasteiger partial charge in [0.25, 0.3) is 0 Å². The van der Waals surface area contributed by atoms with Crippen LogP contribution in [0.2, 0.25) is 0 Å². The van der Waals surface area contributed by atoms with Crippen LogP contribution in [-0.2, 0) is 29.1 Å². The first-order valence-electron chi connectivity index (χ1n) is 23.4. The fourth-order valence-electron chi connectivity index (χ4n) is 7.15. The van der Waals surface area contributed by atoms with E-state index in [1.807, 2.05) is 0 Å². The van der Waals surface area contributed by atoms with Gasteiger partial charge in [0, 0.05) is 19.4 Å². The highest BCUT2D eigenvalue weighted by Gasteiger charge is 2.15. The molecule has 0 aromatic carbocycles. The lowest BCUT2D eigenvalue weighted by Crippen LogP contribution is -2.32. The molecule has 0 bridgehead atoms. The lowest BCUT2D eigenvalue weighted by atomic mass is 10.0. The van der Waals surface area contributed by atoms with E-state index in [4.69, 9.17) is 9.47 Å². The Morgan fingerprint density at radius 3 is 1.35 bits per heavy atom. The van der Waals surface area contributed by atoms with Crippen molar-refractivity contribution in [2.24, 2.45) is 0 Å². The smallest absolute Gasteiger partial charge is 0.306 e. The van der Waals surface area contributed by atoms with Gasteiger partial charge in [0.15, 0.2) is 0 Å². The van der Waals surface area contributed by atoms with E-state index in [9.17, 15) is 23.2 Å². The largest absolute Gasteiger partial charge is 0.466 e. The maximum atomic E-state index is 12.7. The number of unbranched alkanes of at least 4 members (excludes halogenated alkanes) is 23. The van der Waals surface area contributed by atoms with Crippen LogP contribution in [0.1, 0.15) is 233 Å². The molecular formula is C45H90N2O7S. The standard InChI is InChI=1S/C45H90N2O7S/c1-5-8-11-14-16-25-32-42-53-44(48)36-28-21-17-23-30-38-46(40-33-41-47(50)55(4,51)52)39-31-24-18-22-29-37-45(49)54-43(34-26-19-13-10-7-3)35-27-20-15-12-9-6-2/h43,50H,5-42H2,1-4H3. The number of carbonyl (C=O) groups is 2. The van der Waals surface area contributed by atoms with Gasteiger partial charge in [-0.25, -0.2) is 8.42 Å². The number of ether oxygens (including phenoxy) is 2. The number of nitrogens with zero attached hydrogens (tertiary/aromatic N) is 2. The van der Waals surface area contributed by atoms with Crippen molar-refractivity contribution in [3.05, 3.63) is 0 Å². The summed E-state index contributed by atoms with van der Waals surface area (Å²) in [7, 11) is -3.60. The molecule has 1 atom stereocenters. The summed E-state index contributed by atoms with van der Waals surface area (Å²) in [5.41, 5.74) is 0. The van der Waals surface area contributed by atoms with E-state index in [2.05, 4.69) is 25.7 Å². The highest BCUT2D eigenvalue weighted by molar-refractivity contribution is 7.88. The average molecular weight is 803 g/mol. The Labute approximate surface area is 340 Å². The minimum absolute atomic E-state index is 0.0264. The third kappa shape index (κ3) is 38.1. The van der Waals surface area contributed by atoms with Crippen LogP contribution < -0.4 is 0 Å². The van der Waals surface area contributed by atoms with E-state index in [0.29, 0.717) is 30.3 Å². The predicted molar refractivity (Wildman–Crippen MR) is 230 cm³/mol. The second-order valence-electron chi connectivity index (χ2n) is 16.3. The van der Waals surface area contributed by atoms with Gasteiger partial charge in [-0.15, -0.1) is 0 Å². The van der Waals surface area contributed by atoms with Crippen LogP contribution in [-0.4, -0.2) is 80.1 Å². The third-order valence-corrected chi connectivity index (χ3v) is 11.7. The van der Waals surface area contributed by atoms with E-state index in [1.165, 1.54) is 89.9 Å². The third-order valence-electron chi connectivity index (χ3n) is 10.7. The van der Waals surface area contributed by atoms with Crippen LogP contribution >= 0.6 is 0 Å². The van der Waals surface area contributed by atoms with Gasteiger partial charge in [0.05, 0.1) is 12.9 Å². The van der Waals surface area contributed by atoms with Crippen LogP contribution in [0.25, 0.3) is 0 Å². The predicted octanol–water partition coefficient (Wildman–Crippen LogP) is 12.3. The van der Waals surface area contributed by atoms with E-state index >= 15 is 0 Å². The first kappa shape index (κ1) is 53.8. The molecule has 10 heteroatoms. The zero-order valence-electron chi connectivity index (χ0n) is 36.6. The van der Waals surface area contributed by atoms with Gasteiger partial charge >= 0.3 is 11.9 Å². The summed E-state index contributed by atoms with van der Waals surface area (Å²) in [4.78, 5) is 27.2. The van der Waals surface area contributed by atoms with E-state index in [0.717, 1.165) is 129 Å². The molecule has 0 spiro atoms. The molecule has 0 aliphatic rings. The Morgan fingerprint density at radius 1 is 0.491 bits per heavy atom. The average Bonchev–Trinajstić information content (AvgIpc) is 3.15. The first-order valence-corrected chi connectivity index (χ1v) is 25.2. The van der Waals surface area contributed by atoms with E-state index < -0.39 is 10.0 Å². The van der Waals surface area contributed by atoms with Gasteiger partial charge in [0.2, 0.25) is 10.0 Å². The molecule has 0 aromatic heterocycles. The van der Waals surface area contributed by atoms with Gasteiger partial charge in [-0.05, 0) is 83.8 Å². The lowest BCUT2D eigenvalue weighted by molar-refractivity contribution is -0.150. The molecule has 0 saturated heterocycles. The number of rotatable bonds is 43. The van der Waals surface area contributed by atoms with Crippen molar-refractivity contribution >= 4 is 22.0 Å². The molecule has 1 unspecified atom stereocenters. The van der Waals surface area contributed by atoms with E-state index in [-0.39, 0.29) is 24.6 Å². The molecule has 1 N–H and O–H groups in total. The van der Waals surface area contributed by atoms with Crippen molar-refractivity contribution in [2.75, 3.05) is 39.0 Å². The molecule has 0 heterocycles. The number of hydrogen-bond acceptors (Lipinski definition) is 8. The minimum atomic E-state index is -3.60. The summed E-state index contributed by atoms with van der Waals surface area (Å²) in [6.45, 7) is 9.98. The Bertz CT molecular complexity index is 965. The van der Waals surface area contributed by atoms with Gasteiger partial charge in [-0.1, -0.05) is 160 Å². The zero-order valence-corrected chi connectivity index (χ0v) is 37.5. The molecule has 328 valence electrons. The van der Waals surface area contributed by atoms with Gasteiger partial charge < -0.3 is 14.4 Å². The van der Waals surface area contributed by atoms with Crippen molar-refractivity contribution in [3.63, 3.8) is 0 Å². The van der Waals surface area contributed by atoms with Crippen molar-refractivity contribution in [2.45, 2.75) is 239 Å². The minimum Gasteiger partial charge on any atom is -0.466 e. The zero-order chi connectivity index (χ0) is 40.7. The Kier molecular flexibility index (Phi) is 38.7. The van der Waals surface area contributed by atoms with Crippen molar-refractivity contribution < 1.29 is 32.7 Å². The molecule has 0 saturated carbocycles. The van der Waals surface area contributed by atoms with Crippen molar-refractivity contribution in [3.8, 4) is 0 Å². The fraction of sp³-hybridized carbons (Fsp3) is 0.956. The summed E-state index contributed by atoms with van der Waals surface area (Å²) in [6, 6.07) is 0. The topological polar surface area (TPSA) is 113 Å². The normalized spacial score (nSPS) is 12.5. The SMILES string of the molecule is CCCCCCCCCOC(=O)CCCCCCCN(CCCCCCCC(=O)OC(CCCCCCC)CCCCCCCC)CCCN(O)S(C)(=O)=O. The molecule has 55 heavy (non-hydrogen) atoms. The van der Waals surface area contributed by atoms with Crippen LogP contribution in [0, 0.1) is 0 Å². The molecule has 0 aliphatic heterocycles. The molecule has 9 nitrogen and oxygen atoms in total. The van der Waals surface area contributed by atoms with Gasteiger partial charge in [0.1, 0.15) is 6.10 Å². The van der Waals surface area contributed by atoms with Crippen LogP contribution in [0.5, 0.6) is 0 Å². The Balaban J connectivity index is 4.37. The maximum Gasteiger partial charge on any atom is 0.306 e. The molecule has 0 fully saturated rings. The molecule has 0 aromatic rings. The maximum absolute atomic E-state index is 12.7. The molecule has 0 radical (unpaired) electrons. The summed E-state index contributed by atoms with van der Waals surface area (Å²) in [5.74, 6) is -0.0958. The number of hydrogen-bond donors (Lipinski definition) is 1. The number of hydroxylamine groups is 1. The van der Waals surface area contributed by atoms with Gasteiger partial charge in [-0.3, -0.25) is 14.8 Å². The summed E-state index contributed by atoms with van der Waals surface area (Å²) >= 11 is 0. The van der Waals surface area contributed by atoms with Crippen LogP contribution in [0.3, 0.4) is 0 Å². The quantitative estimate of drug-likeness (QED) is 0.0368. The number of esters is 2. The summed E-state index contributed by atoms with van der Waals surface area (Å²) in [5, 5.41) is 9.83. The summed E-state index contributed by atoms with van der Waals surface area (Å²) < 4.78 is 35.1. The Hall–Kier alpha value is -1.23. The van der Waals surface area contributed by atoms with Crippen LogP contribution in [0.15, 0.2) is 0 Å². The molecule has 0 amide bonds. The molecule has 0 rings (SSSR count). The second kappa shape index (κ2) is 39.6. The molecule has 0 aliphatic carbocycles. The second-order valence-corrected chi connectivity index (χ2v) is 18.1. The van der Waals surface area contributed by atoms with Crippen molar-refractivity contribution in [1.82, 2.24) is 9.37 Å². The Morgan fingerprint density at radius 2 is 0.873 bits per heavy atom. The first-order chi connectivity index (χ1) is 26.6. The van der Waals surface area contributed by atoms with Crippen molar-refractivity contribution in [1.29, 1.82) is 0 Å². The van der Waals surface area contributed by atoms with Gasteiger partial charge in [-0.2, -0.15) is 0 Å². The summed E-state index contributed by atoms with van der Waals surface area (Å²) in [6.07, 6.45) is 37.2. The fourth-order valence-corrected chi connectivity index (χ4v) is 7.61. The van der Waals surface area contributed by atoms with E-state index in [1.54, 1.807) is 0 Å². The molecular weight excluding hydrogens is 713 g/mol.